The molecule has 0 saturated heterocycles. The monoisotopic (exact) mass is 324 g/mol. The van der Waals surface area contributed by atoms with Gasteiger partial charge in [-0.1, -0.05) is 41.0 Å². The van der Waals surface area contributed by atoms with Gasteiger partial charge in [-0.15, -0.1) is 0 Å². The third kappa shape index (κ3) is 2.78. The molecule has 2 saturated carbocycles. The number of hydrogen-bond donors (Lipinski definition) is 0. The molecule has 2 aliphatic carbocycles. The zero-order valence-corrected chi connectivity index (χ0v) is 15.6. The Hall–Kier alpha value is -1.06. The van der Waals surface area contributed by atoms with Crippen LogP contribution in [0.5, 0.6) is 0 Å². The second kappa shape index (κ2) is 6.45. The van der Waals surface area contributed by atoms with Crippen molar-refractivity contribution in [1.82, 2.24) is 0 Å². The van der Waals surface area contributed by atoms with Crippen LogP contribution in [0, 0.1) is 46.8 Å². The molecule has 0 spiro atoms. The quantitative estimate of drug-likeness (QED) is 0.726. The third-order valence-electron chi connectivity index (χ3n) is 6.75. The number of carbonyl (C=O) groups excluding carboxylic acids is 2. The van der Waals surface area contributed by atoms with Crippen molar-refractivity contribution in [3.63, 3.8) is 0 Å². The average molecular weight is 324 g/mol. The summed E-state index contributed by atoms with van der Waals surface area (Å²) in [5.74, 6) is 0.677. The molecule has 2 aliphatic rings. The Bertz CT molecular complexity index is 468. The highest BCUT2D eigenvalue weighted by molar-refractivity contribution is 5.83. The van der Waals surface area contributed by atoms with Crippen LogP contribution in [0.1, 0.15) is 47.5 Å². The fraction of sp³-hybridized carbons (Fsp3) is 0.895. The molecule has 6 atom stereocenters. The van der Waals surface area contributed by atoms with Gasteiger partial charge in [0, 0.05) is 0 Å². The Morgan fingerprint density at radius 1 is 1.04 bits per heavy atom. The summed E-state index contributed by atoms with van der Waals surface area (Å²) in [5, 5.41) is 0. The number of hydrogen-bond acceptors (Lipinski definition) is 4. The van der Waals surface area contributed by atoms with Gasteiger partial charge < -0.3 is 9.47 Å². The van der Waals surface area contributed by atoms with E-state index in [1.807, 2.05) is 0 Å². The van der Waals surface area contributed by atoms with E-state index in [4.69, 9.17) is 9.47 Å². The molecule has 23 heavy (non-hydrogen) atoms. The lowest BCUT2D eigenvalue weighted by Gasteiger charge is -2.47. The summed E-state index contributed by atoms with van der Waals surface area (Å²) in [4.78, 5) is 24.8. The van der Waals surface area contributed by atoms with Gasteiger partial charge in [0.2, 0.25) is 0 Å². The van der Waals surface area contributed by atoms with Crippen molar-refractivity contribution in [2.75, 3.05) is 14.2 Å². The highest BCUT2D eigenvalue weighted by Gasteiger charge is 2.65. The van der Waals surface area contributed by atoms with E-state index in [-0.39, 0.29) is 41.0 Å². The van der Waals surface area contributed by atoms with Crippen molar-refractivity contribution in [2.24, 2.45) is 46.8 Å². The van der Waals surface area contributed by atoms with Crippen LogP contribution in [-0.2, 0) is 19.1 Å². The van der Waals surface area contributed by atoms with Crippen LogP contribution in [0.25, 0.3) is 0 Å². The van der Waals surface area contributed by atoms with Crippen LogP contribution in [-0.4, -0.2) is 26.2 Å². The lowest BCUT2D eigenvalue weighted by molar-refractivity contribution is -0.165. The summed E-state index contributed by atoms with van der Waals surface area (Å²) in [6.07, 6.45) is 2.01. The molecule has 2 fully saturated rings. The summed E-state index contributed by atoms with van der Waals surface area (Å²) < 4.78 is 10.1. The first-order valence-corrected chi connectivity index (χ1v) is 8.86. The molecule has 0 amide bonds. The molecule has 0 aliphatic heterocycles. The number of methoxy groups -OCH3 is 2. The molecule has 2 rings (SSSR count). The summed E-state index contributed by atoms with van der Waals surface area (Å²) in [7, 11) is 2.84. The fourth-order valence-corrected chi connectivity index (χ4v) is 5.62. The molecular weight excluding hydrogens is 292 g/mol. The van der Waals surface area contributed by atoms with Crippen molar-refractivity contribution >= 4 is 11.9 Å². The van der Waals surface area contributed by atoms with Gasteiger partial charge >= 0.3 is 11.9 Å². The highest BCUT2D eigenvalue weighted by atomic mass is 16.5. The third-order valence-corrected chi connectivity index (χ3v) is 6.75. The van der Waals surface area contributed by atoms with Gasteiger partial charge in [-0.25, -0.2) is 0 Å². The van der Waals surface area contributed by atoms with Crippen molar-refractivity contribution in [3.05, 3.63) is 0 Å². The average Bonchev–Trinajstić information content (AvgIpc) is 3.08. The number of ether oxygens (including phenoxy) is 2. The number of esters is 2. The van der Waals surface area contributed by atoms with Crippen LogP contribution in [0.15, 0.2) is 0 Å². The minimum absolute atomic E-state index is 0.154. The number of carbonyl (C=O) groups is 2. The summed E-state index contributed by atoms with van der Waals surface area (Å²) >= 11 is 0. The molecule has 132 valence electrons. The molecule has 0 aromatic carbocycles. The predicted molar refractivity (Wildman–Crippen MR) is 88.5 cm³/mol. The highest BCUT2D eigenvalue weighted by Crippen LogP contribution is 2.65. The number of fused-ring (bicyclic) bond motifs is 2. The van der Waals surface area contributed by atoms with Gasteiger partial charge in [-0.3, -0.25) is 9.59 Å². The van der Waals surface area contributed by atoms with E-state index in [2.05, 4.69) is 34.6 Å². The van der Waals surface area contributed by atoms with Crippen molar-refractivity contribution in [1.29, 1.82) is 0 Å². The van der Waals surface area contributed by atoms with E-state index in [1.54, 1.807) is 0 Å². The SMILES string of the molecule is CCC(C)(C)C1C2CC(C(C(=O)OC)C2C(=O)OC)C1C(C)C. The van der Waals surface area contributed by atoms with Crippen LogP contribution in [0.4, 0.5) is 0 Å². The Morgan fingerprint density at radius 2 is 1.52 bits per heavy atom. The Kier molecular flexibility index (Phi) is 5.12. The summed E-state index contributed by atoms with van der Waals surface area (Å²) in [6.45, 7) is 11.3. The summed E-state index contributed by atoms with van der Waals surface area (Å²) in [6, 6.07) is 0. The minimum atomic E-state index is -0.344. The summed E-state index contributed by atoms with van der Waals surface area (Å²) in [5.41, 5.74) is 0.154. The molecule has 0 N–H and O–H groups in total. The van der Waals surface area contributed by atoms with Crippen molar-refractivity contribution in [2.45, 2.75) is 47.5 Å². The first-order valence-electron chi connectivity index (χ1n) is 8.86. The fourth-order valence-electron chi connectivity index (χ4n) is 5.62. The standard InChI is InChI=1S/C19H32O4/c1-8-19(4,5)16-12-9-11(13(16)10(2)3)14(17(20)22-6)15(12)18(21)23-7/h10-16H,8-9H2,1-7H3. The van der Waals surface area contributed by atoms with E-state index in [1.165, 1.54) is 14.2 Å². The van der Waals surface area contributed by atoms with Crippen LogP contribution >= 0.6 is 0 Å². The van der Waals surface area contributed by atoms with E-state index in [0.717, 1.165) is 12.8 Å². The molecule has 0 aromatic rings. The molecule has 2 bridgehead atoms. The largest absolute Gasteiger partial charge is 0.469 e. The first-order chi connectivity index (χ1) is 10.7. The van der Waals surface area contributed by atoms with Gasteiger partial charge in [-0.2, -0.15) is 0 Å². The van der Waals surface area contributed by atoms with Gasteiger partial charge in [0.25, 0.3) is 0 Å². The molecule has 0 radical (unpaired) electrons. The van der Waals surface area contributed by atoms with Crippen LogP contribution in [0.3, 0.4) is 0 Å². The number of rotatable bonds is 5. The lowest BCUT2D eigenvalue weighted by atomic mass is 9.56. The van der Waals surface area contributed by atoms with Crippen LogP contribution < -0.4 is 0 Å². The zero-order chi connectivity index (χ0) is 17.5. The van der Waals surface area contributed by atoms with Gasteiger partial charge in [0.15, 0.2) is 0 Å². The van der Waals surface area contributed by atoms with E-state index >= 15 is 0 Å². The Morgan fingerprint density at radius 3 is 1.91 bits per heavy atom. The minimum Gasteiger partial charge on any atom is -0.469 e. The van der Waals surface area contributed by atoms with Crippen LogP contribution in [0.2, 0.25) is 0 Å². The predicted octanol–water partition coefficient (Wildman–Crippen LogP) is 3.54. The molecule has 4 heteroatoms. The van der Waals surface area contributed by atoms with E-state index in [0.29, 0.717) is 17.8 Å². The lowest BCUT2D eigenvalue weighted by Crippen LogP contribution is -2.48. The topological polar surface area (TPSA) is 52.6 Å². The van der Waals surface area contributed by atoms with E-state index in [9.17, 15) is 9.59 Å². The normalized spacial score (nSPS) is 36.3. The maximum atomic E-state index is 12.4. The van der Waals surface area contributed by atoms with Gasteiger partial charge in [0.1, 0.15) is 0 Å². The van der Waals surface area contributed by atoms with Gasteiger partial charge in [0.05, 0.1) is 26.1 Å². The smallest absolute Gasteiger partial charge is 0.309 e. The van der Waals surface area contributed by atoms with E-state index < -0.39 is 0 Å². The molecular formula is C19H32O4. The Labute approximate surface area is 140 Å². The second-order valence-corrected chi connectivity index (χ2v) is 8.35. The molecule has 0 heterocycles. The first kappa shape index (κ1) is 18.3. The molecule has 4 nitrogen and oxygen atoms in total. The molecule has 0 aromatic heterocycles. The molecule has 6 unspecified atom stereocenters. The van der Waals surface area contributed by atoms with Crippen molar-refractivity contribution < 1.29 is 19.1 Å². The maximum absolute atomic E-state index is 12.4. The maximum Gasteiger partial charge on any atom is 0.309 e. The van der Waals surface area contributed by atoms with Gasteiger partial charge in [-0.05, 0) is 41.4 Å². The Balaban J connectivity index is 2.47. The zero-order valence-electron chi connectivity index (χ0n) is 15.6. The second-order valence-electron chi connectivity index (χ2n) is 8.35. The van der Waals surface area contributed by atoms with Crippen molar-refractivity contribution in [3.8, 4) is 0 Å².